The van der Waals surface area contributed by atoms with Gasteiger partial charge in [-0.05, 0) is 64.3 Å². The molecule has 0 amide bonds. The molecule has 0 bridgehead atoms. The maximum atomic E-state index is 3.82. The first-order chi connectivity index (χ1) is 9.53. The largest absolute Gasteiger partial charge is 0.312 e. The summed E-state index contributed by atoms with van der Waals surface area (Å²) in [5.74, 6) is 1.33. The minimum absolute atomic E-state index is 0.410. The lowest BCUT2D eigenvalue weighted by Gasteiger charge is -2.34. The fourth-order valence-electron chi connectivity index (χ4n) is 3.32. The van der Waals surface area contributed by atoms with Gasteiger partial charge in [0.05, 0.1) is 0 Å². The van der Waals surface area contributed by atoms with Gasteiger partial charge in [-0.1, -0.05) is 36.2 Å². The predicted molar refractivity (Wildman–Crippen MR) is 91.8 cm³/mol. The zero-order valence-electron chi connectivity index (χ0n) is 13.5. The molecule has 0 aromatic heterocycles. The third-order valence-electron chi connectivity index (χ3n) is 4.35. The van der Waals surface area contributed by atoms with Crippen LogP contribution in [0.3, 0.4) is 0 Å². The molecule has 0 radical (unpaired) electrons. The van der Waals surface area contributed by atoms with E-state index in [-0.39, 0.29) is 0 Å². The molecule has 112 valence electrons. The number of aryl methyl sites for hydroxylation is 2. The van der Waals surface area contributed by atoms with Gasteiger partial charge in [0.2, 0.25) is 0 Å². The molecule has 2 unspecified atom stereocenters. The fraction of sp³-hybridized carbons (Fsp3) is 0.667. The van der Waals surface area contributed by atoms with E-state index in [2.05, 4.69) is 63.0 Å². The quantitative estimate of drug-likeness (QED) is 0.828. The number of hydrogen-bond donors (Lipinski definition) is 1. The monoisotopic (exact) mass is 291 g/mol. The molecule has 0 aliphatic carbocycles. The van der Waals surface area contributed by atoms with E-state index in [0.29, 0.717) is 10.8 Å². The van der Waals surface area contributed by atoms with Gasteiger partial charge in [0.15, 0.2) is 0 Å². The second-order valence-electron chi connectivity index (χ2n) is 6.47. The summed E-state index contributed by atoms with van der Waals surface area (Å²) in [5, 5.41) is 3.82. The molecule has 20 heavy (non-hydrogen) atoms. The molecule has 1 saturated heterocycles. The Morgan fingerprint density at radius 2 is 1.95 bits per heavy atom. The Bertz CT molecular complexity index is 415. The Morgan fingerprint density at radius 3 is 2.50 bits per heavy atom. The van der Waals surface area contributed by atoms with Crippen molar-refractivity contribution in [3.8, 4) is 0 Å². The van der Waals surface area contributed by atoms with Crippen molar-refractivity contribution in [1.29, 1.82) is 0 Å². The third kappa shape index (κ3) is 4.02. The summed E-state index contributed by atoms with van der Waals surface area (Å²) in [6.07, 6.45) is 5.10. The van der Waals surface area contributed by atoms with Crippen LogP contribution in [-0.2, 0) is 6.42 Å². The first-order valence-corrected chi connectivity index (χ1v) is 8.96. The summed E-state index contributed by atoms with van der Waals surface area (Å²) in [4.78, 5) is 0. The Balaban J connectivity index is 2.14. The van der Waals surface area contributed by atoms with Crippen molar-refractivity contribution in [2.75, 3.05) is 12.3 Å². The topological polar surface area (TPSA) is 12.0 Å². The summed E-state index contributed by atoms with van der Waals surface area (Å²) >= 11 is 2.17. The Labute approximate surface area is 128 Å². The van der Waals surface area contributed by atoms with E-state index >= 15 is 0 Å². The second-order valence-corrected chi connectivity index (χ2v) is 8.10. The fourth-order valence-corrected chi connectivity index (χ4v) is 4.73. The molecule has 1 aliphatic heterocycles. The Hall–Kier alpha value is -0.470. The first kappa shape index (κ1) is 15.9. The molecule has 2 heteroatoms. The van der Waals surface area contributed by atoms with Crippen LogP contribution < -0.4 is 5.32 Å². The van der Waals surface area contributed by atoms with Crippen molar-refractivity contribution in [2.24, 2.45) is 0 Å². The van der Waals surface area contributed by atoms with Gasteiger partial charge in [0.25, 0.3) is 0 Å². The van der Waals surface area contributed by atoms with Gasteiger partial charge in [-0.25, -0.2) is 0 Å². The first-order valence-electron chi connectivity index (χ1n) is 7.98. The lowest BCUT2D eigenvalue weighted by Crippen LogP contribution is -2.47. The molecule has 2 rings (SSSR count). The summed E-state index contributed by atoms with van der Waals surface area (Å²) < 4.78 is 0.410. The van der Waals surface area contributed by atoms with Crippen LogP contribution in [-0.4, -0.2) is 23.1 Å². The standard InChI is InChI=1S/C18H29NS/c1-5-8-19-17(18(4)7-6-9-20-18)13-16-11-14(2)10-15(3)12-16/h10-12,17,19H,5-9,13H2,1-4H3. The van der Waals surface area contributed by atoms with E-state index < -0.39 is 0 Å². The molecule has 1 aromatic carbocycles. The van der Waals surface area contributed by atoms with Gasteiger partial charge < -0.3 is 5.32 Å². The van der Waals surface area contributed by atoms with Crippen molar-refractivity contribution in [3.63, 3.8) is 0 Å². The molecule has 1 aromatic rings. The highest BCUT2D eigenvalue weighted by Gasteiger charge is 2.37. The number of thioether (sulfide) groups is 1. The average Bonchev–Trinajstić information content (AvgIpc) is 2.81. The summed E-state index contributed by atoms with van der Waals surface area (Å²) in [5.41, 5.74) is 4.27. The molecule has 0 saturated carbocycles. The minimum atomic E-state index is 0.410. The zero-order chi connectivity index (χ0) is 14.6. The lowest BCUT2D eigenvalue weighted by atomic mass is 9.89. The SMILES string of the molecule is CCCNC(Cc1cc(C)cc(C)c1)C1(C)CCCS1. The van der Waals surface area contributed by atoms with Crippen molar-refractivity contribution >= 4 is 11.8 Å². The molecular formula is C18H29NS. The van der Waals surface area contributed by atoms with Crippen LogP contribution in [0.1, 0.15) is 49.8 Å². The highest BCUT2D eigenvalue weighted by atomic mass is 32.2. The van der Waals surface area contributed by atoms with Crippen molar-refractivity contribution < 1.29 is 0 Å². The molecule has 1 aliphatic rings. The van der Waals surface area contributed by atoms with E-state index in [9.17, 15) is 0 Å². The minimum Gasteiger partial charge on any atom is -0.312 e. The van der Waals surface area contributed by atoms with Crippen molar-refractivity contribution in [2.45, 2.75) is 64.2 Å². The number of nitrogens with one attached hydrogen (secondary N) is 1. The molecule has 2 atom stereocenters. The van der Waals surface area contributed by atoms with Gasteiger partial charge in [-0.2, -0.15) is 11.8 Å². The molecular weight excluding hydrogens is 262 g/mol. The van der Waals surface area contributed by atoms with Crippen LogP contribution >= 0.6 is 11.8 Å². The second kappa shape index (κ2) is 7.00. The van der Waals surface area contributed by atoms with Crippen LogP contribution in [0, 0.1) is 13.8 Å². The van der Waals surface area contributed by atoms with Gasteiger partial charge in [0.1, 0.15) is 0 Å². The van der Waals surface area contributed by atoms with E-state index in [1.807, 2.05) is 0 Å². The zero-order valence-corrected chi connectivity index (χ0v) is 14.3. The molecule has 1 nitrogen and oxygen atoms in total. The number of benzene rings is 1. The van der Waals surface area contributed by atoms with E-state index in [1.165, 1.54) is 41.7 Å². The van der Waals surface area contributed by atoms with Crippen molar-refractivity contribution in [3.05, 3.63) is 34.9 Å². The van der Waals surface area contributed by atoms with E-state index in [1.54, 1.807) is 0 Å². The van der Waals surface area contributed by atoms with Gasteiger partial charge in [-0.3, -0.25) is 0 Å². The normalized spacial score (nSPS) is 24.0. The Morgan fingerprint density at radius 1 is 1.25 bits per heavy atom. The molecule has 1 heterocycles. The molecule has 1 N–H and O–H groups in total. The summed E-state index contributed by atoms with van der Waals surface area (Å²) in [7, 11) is 0. The highest BCUT2D eigenvalue weighted by Crippen LogP contribution is 2.41. The van der Waals surface area contributed by atoms with Gasteiger partial charge in [0, 0.05) is 10.8 Å². The molecule has 1 fully saturated rings. The van der Waals surface area contributed by atoms with Crippen LogP contribution in [0.4, 0.5) is 0 Å². The van der Waals surface area contributed by atoms with Crippen LogP contribution in [0.15, 0.2) is 18.2 Å². The van der Waals surface area contributed by atoms with Crippen LogP contribution in [0.25, 0.3) is 0 Å². The van der Waals surface area contributed by atoms with Crippen molar-refractivity contribution in [1.82, 2.24) is 5.32 Å². The van der Waals surface area contributed by atoms with E-state index in [4.69, 9.17) is 0 Å². The van der Waals surface area contributed by atoms with Crippen LogP contribution in [0.5, 0.6) is 0 Å². The van der Waals surface area contributed by atoms with Gasteiger partial charge in [-0.15, -0.1) is 0 Å². The maximum absolute atomic E-state index is 3.82. The summed E-state index contributed by atoms with van der Waals surface area (Å²) in [6, 6.07) is 7.58. The average molecular weight is 292 g/mol. The predicted octanol–water partition coefficient (Wildman–Crippen LogP) is 4.50. The van der Waals surface area contributed by atoms with Crippen LogP contribution in [0.2, 0.25) is 0 Å². The third-order valence-corrected chi connectivity index (χ3v) is 5.99. The smallest absolute Gasteiger partial charge is 0.0288 e. The lowest BCUT2D eigenvalue weighted by molar-refractivity contribution is 0.399. The number of rotatable bonds is 6. The number of hydrogen-bond acceptors (Lipinski definition) is 2. The molecule has 0 spiro atoms. The van der Waals surface area contributed by atoms with Gasteiger partial charge >= 0.3 is 0 Å². The highest BCUT2D eigenvalue weighted by molar-refractivity contribution is 8.00. The Kier molecular flexibility index (Phi) is 5.57. The summed E-state index contributed by atoms with van der Waals surface area (Å²) in [6.45, 7) is 10.3. The van der Waals surface area contributed by atoms with E-state index in [0.717, 1.165) is 13.0 Å². The maximum Gasteiger partial charge on any atom is 0.0288 e.